The molecule has 2 aromatic carbocycles. The lowest BCUT2D eigenvalue weighted by Gasteiger charge is -2.11. The van der Waals surface area contributed by atoms with E-state index >= 15 is 0 Å². The van der Waals surface area contributed by atoms with Crippen molar-refractivity contribution in [3.05, 3.63) is 64.7 Å². The van der Waals surface area contributed by atoms with Crippen molar-refractivity contribution in [2.24, 2.45) is 0 Å². The van der Waals surface area contributed by atoms with Crippen LogP contribution in [0, 0.1) is 6.92 Å². The molecule has 0 aromatic heterocycles. The molecule has 0 fully saturated rings. The third-order valence-electron chi connectivity index (χ3n) is 3.69. The van der Waals surface area contributed by atoms with Gasteiger partial charge in [-0.2, -0.15) is 13.2 Å². The topological polar surface area (TPSA) is 0 Å². The van der Waals surface area contributed by atoms with E-state index in [0.29, 0.717) is 6.42 Å². The van der Waals surface area contributed by atoms with Gasteiger partial charge in [-0.1, -0.05) is 42.5 Å². The summed E-state index contributed by atoms with van der Waals surface area (Å²) in [5.74, 6) is 0. The van der Waals surface area contributed by atoms with Crippen molar-refractivity contribution in [2.75, 3.05) is 0 Å². The minimum Gasteiger partial charge on any atom is -0.166 e. The first-order valence-electron chi connectivity index (χ1n) is 6.43. The number of alkyl halides is 3. The molecule has 0 aliphatic heterocycles. The highest BCUT2D eigenvalue weighted by Crippen LogP contribution is 2.34. The van der Waals surface area contributed by atoms with Crippen LogP contribution in [0.3, 0.4) is 0 Å². The van der Waals surface area contributed by atoms with Gasteiger partial charge < -0.3 is 0 Å². The standard InChI is InChI=1S/C17H13F3/c1-11-10-12-4-2-3-5-15(12)16-9-7-13(17(18,19)20)6-8-14(11)16/h2-8,10H,9H2,1H3. The lowest BCUT2D eigenvalue weighted by Crippen LogP contribution is -2.09. The van der Waals surface area contributed by atoms with Gasteiger partial charge in [-0.3, -0.25) is 0 Å². The van der Waals surface area contributed by atoms with Crippen molar-refractivity contribution in [3.63, 3.8) is 0 Å². The summed E-state index contributed by atoms with van der Waals surface area (Å²) in [5, 5.41) is 2.10. The summed E-state index contributed by atoms with van der Waals surface area (Å²) in [7, 11) is 0. The summed E-state index contributed by atoms with van der Waals surface area (Å²) in [4.78, 5) is 0. The van der Waals surface area contributed by atoms with E-state index in [-0.39, 0.29) is 0 Å². The molecule has 2 aromatic rings. The highest BCUT2D eigenvalue weighted by atomic mass is 19.4. The van der Waals surface area contributed by atoms with Gasteiger partial charge in [0, 0.05) is 0 Å². The number of hydrogen-bond acceptors (Lipinski definition) is 0. The van der Waals surface area contributed by atoms with Crippen LogP contribution in [0.1, 0.15) is 16.7 Å². The summed E-state index contributed by atoms with van der Waals surface area (Å²) >= 11 is 0. The van der Waals surface area contributed by atoms with E-state index in [1.165, 1.54) is 12.2 Å². The Morgan fingerprint density at radius 3 is 2.55 bits per heavy atom. The summed E-state index contributed by atoms with van der Waals surface area (Å²) in [6, 6.07) is 9.84. The molecular formula is C17H13F3. The highest BCUT2D eigenvalue weighted by molar-refractivity contribution is 5.90. The third-order valence-corrected chi connectivity index (χ3v) is 3.69. The molecule has 0 bridgehead atoms. The molecule has 20 heavy (non-hydrogen) atoms. The second kappa shape index (κ2) is 4.51. The fourth-order valence-corrected chi connectivity index (χ4v) is 2.71. The Morgan fingerprint density at radius 1 is 1.05 bits per heavy atom. The van der Waals surface area contributed by atoms with Gasteiger partial charge in [0.05, 0.1) is 5.57 Å². The van der Waals surface area contributed by atoms with Crippen molar-refractivity contribution in [1.29, 1.82) is 0 Å². The first kappa shape index (κ1) is 13.0. The quantitative estimate of drug-likeness (QED) is 0.619. The Hall–Kier alpha value is -2.03. The minimum atomic E-state index is -4.29. The molecule has 0 heterocycles. The van der Waals surface area contributed by atoms with E-state index in [0.717, 1.165) is 27.5 Å². The number of rotatable bonds is 0. The maximum atomic E-state index is 12.8. The molecule has 3 heteroatoms. The van der Waals surface area contributed by atoms with Gasteiger partial charge in [-0.15, -0.1) is 0 Å². The van der Waals surface area contributed by atoms with Gasteiger partial charge in [0.1, 0.15) is 0 Å². The zero-order chi connectivity index (χ0) is 14.3. The van der Waals surface area contributed by atoms with Crippen LogP contribution in [0.25, 0.3) is 16.8 Å². The SMILES string of the molecule is Cc1cc2ccccc2c2c1C=CC(C(F)(F)F)=CC2. The fraction of sp³-hybridized carbons (Fsp3) is 0.176. The van der Waals surface area contributed by atoms with Crippen molar-refractivity contribution in [2.45, 2.75) is 19.5 Å². The van der Waals surface area contributed by atoms with Crippen LogP contribution < -0.4 is 0 Å². The molecule has 0 radical (unpaired) electrons. The molecule has 1 aliphatic carbocycles. The molecule has 0 nitrogen and oxygen atoms in total. The Balaban J connectivity index is 2.23. The van der Waals surface area contributed by atoms with E-state index in [4.69, 9.17) is 0 Å². The van der Waals surface area contributed by atoms with Crippen LogP contribution in [0.5, 0.6) is 0 Å². The number of fused-ring (bicyclic) bond motifs is 3. The molecule has 3 rings (SSSR count). The normalized spacial score (nSPS) is 14.9. The molecule has 0 atom stereocenters. The number of benzene rings is 2. The van der Waals surface area contributed by atoms with E-state index in [1.54, 1.807) is 6.08 Å². The summed E-state index contributed by atoms with van der Waals surface area (Å²) in [6.45, 7) is 1.94. The largest absolute Gasteiger partial charge is 0.416 e. The number of halogens is 3. The van der Waals surface area contributed by atoms with Gasteiger partial charge in [0.15, 0.2) is 0 Å². The van der Waals surface area contributed by atoms with Gasteiger partial charge in [0.2, 0.25) is 0 Å². The van der Waals surface area contributed by atoms with Gasteiger partial charge >= 0.3 is 6.18 Å². The second-order valence-electron chi connectivity index (χ2n) is 5.00. The molecular weight excluding hydrogens is 261 g/mol. The van der Waals surface area contributed by atoms with Crippen LogP contribution in [0.4, 0.5) is 13.2 Å². The first-order valence-corrected chi connectivity index (χ1v) is 6.43. The maximum absolute atomic E-state index is 12.8. The smallest absolute Gasteiger partial charge is 0.166 e. The molecule has 0 spiro atoms. The zero-order valence-electron chi connectivity index (χ0n) is 11.0. The van der Waals surface area contributed by atoms with E-state index in [1.807, 2.05) is 37.3 Å². The molecule has 0 amide bonds. The minimum absolute atomic E-state index is 0.305. The van der Waals surface area contributed by atoms with Crippen molar-refractivity contribution >= 4 is 16.8 Å². The molecule has 0 unspecified atom stereocenters. The van der Waals surface area contributed by atoms with Crippen molar-refractivity contribution < 1.29 is 13.2 Å². The Labute approximate surface area is 115 Å². The van der Waals surface area contributed by atoms with E-state index in [9.17, 15) is 13.2 Å². The Bertz CT molecular complexity index is 734. The summed E-state index contributed by atoms with van der Waals surface area (Å²) < 4.78 is 38.5. The highest BCUT2D eigenvalue weighted by Gasteiger charge is 2.32. The molecule has 1 aliphatic rings. The van der Waals surface area contributed by atoms with Crippen LogP contribution in [-0.4, -0.2) is 6.18 Å². The number of allylic oxidation sites excluding steroid dienone is 3. The Kier molecular flexibility index (Phi) is 2.93. The summed E-state index contributed by atoms with van der Waals surface area (Å²) in [5.41, 5.74) is 2.30. The van der Waals surface area contributed by atoms with Crippen LogP contribution in [0.2, 0.25) is 0 Å². The van der Waals surface area contributed by atoms with Crippen LogP contribution >= 0.6 is 0 Å². The second-order valence-corrected chi connectivity index (χ2v) is 5.00. The molecule has 0 saturated carbocycles. The lowest BCUT2D eigenvalue weighted by atomic mass is 9.93. The predicted octanol–water partition coefficient (Wildman–Crippen LogP) is 5.21. The van der Waals surface area contributed by atoms with E-state index < -0.39 is 11.7 Å². The van der Waals surface area contributed by atoms with Crippen molar-refractivity contribution in [3.8, 4) is 0 Å². The summed E-state index contributed by atoms with van der Waals surface area (Å²) in [6.07, 6.45) is 0.0485. The maximum Gasteiger partial charge on any atom is 0.416 e. The van der Waals surface area contributed by atoms with Gasteiger partial charge in [-0.05, 0) is 46.9 Å². The zero-order valence-corrected chi connectivity index (χ0v) is 11.0. The average molecular weight is 274 g/mol. The van der Waals surface area contributed by atoms with Crippen molar-refractivity contribution in [1.82, 2.24) is 0 Å². The van der Waals surface area contributed by atoms with Crippen LogP contribution in [0.15, 0.2) is 48.1 Å². The average Bonchev–Trinajstić information content (AvgIpc) is 2.61. The number of hydrogen-bond donors (Lipinski definition) is 0. The fourth-order valence-electron chi connectivity index (χ4n) is 2.71. The molecule has 0 saturated heterocycles. The molecule has 102 valence electrons. The van der Waals surface area contributed by atoms with Crippen LogP contribution in [-0.2, 0) is 6.42 Å². The van der Waals surface area contributed by atoms with Gasteiger partial charge in [0.25, 0.3) is 0 Å². The lowest BCUT2D eigenvalue weighted by molar-refractivity contribution is -0.0882. The monoisotopic (exact) mass is 274 g/mol. The Morgan fingerprint density at radius 2 is 1.80 bits per heavy atom. The number of aryl methyl sites for hydroxylation is 1. The van der Waals surface area contributed by atoms with E-state index in [2.05, 4.69) is 0 Å². The first-order chi connectivity index (χ1) is 9.47. The third kappa shape index (κ3) is 2.13. The molecule has 0 N–H and O–H groups in total. The van der Waals surface area contributed by atoms with Gasteiger partial charge in [-0.25, -0.2) is 0 Å². The predicted molar refractivity (Wildman–Crippen MR) is 75.6 cm³/mol.